The summed E-state index contributed by atoms with van der Waals surface area (Å²) >= 11 is 5.74. The molecule has 0 aromatic carbocycles. The Morgan fingerprint density at radius 1 is 1.21 bits per heavy atom. The van der Waals surface area contributed by atoms with E-state index in [2.05, 4.69) is 25.5 Å². The van der Waals surface area contributed by atoms with Gasteiger partial charge in [-0.3, -0.25) is 9.59 Å². The number of rotatable bonds is 4. The molecule has 24 heavy (non-hydrogen) atoms. The summed E-state index contributed by atoms with van der Waals surface area (Å²) in [5, 5.41) is 9.35. The van der Waals surface area contributed by atoms with Crippen LogP contribution in [0.25, 0.3) is 0 Å². The third kappa shape index (κ3) is 4.29. The van der Waals surface area contributed by atoms with Gasteiger partial charge in [-0.1, -0.05) is 11.6 Å². The van der Waals surface area contributed by atoms with Crippen molar-refractivity contribution in [2.24, 2.45) is 0 Å². The van der Waals surface area contributed by atoms with Gasteiger partial charge in [0.25, 0.3) is 11.5 Å². The highest BCUT2D eigenvalue weighted by Gasteiger charge is 2.24. The topological polar surface area (TPSA) is 110 Å². The Morgan fingerprint density at radius 3 is 2.54 bits per heavy atom. The molecule has 126 valence electrons. The molecule has 0 bridgehead atoms. The molecule has 2 N–H and O–H groups in total. The van der Waals surface area contributed by atoms with Crippen LogP contribution in [0, 0.1) is 0 Å². The summed E-state index contributed by atoms with van der Waals surface area (Å²) in [5.74, 6) is -0.295. The van der Waals surface area contributed by atoms with E-state index >= 15 is 0 Å². The third-order valence-corrected chi connectivity index (χ3v) is 3.99. The van der Waals surface area contributed by atoms with Crippen LogP contribution in [0.1, 0.15) is 36.2 Å². The molecule has 3 rings (SSSR count). The van der Waals surface area contributed by atoms with Gasteiger partial charge in [0.05, 0.1) is 17.4 Å². The molecule has 0 aliphatic heterocycles. The molecule has 1 aliphatic carbocycles. The number of amides is 1. The van der Waals surface area contributed by atoms with Crippen molar-refractivity contribution < 1.29 is 9.53 Å². The first-order valence-electron chi connectivity index (χ1n) is 7.61. The lowest BCUT2D eigenvalue weighted by molar-refractivity contribution is 0.0879. The number of hydrogen-bond acceptors (Lipinski definition) is 6. The molecule has 1 fully saturated rings. The minimum Gasteiger partial charge on any atom is -0.460 e. The van der Waals surface area contributed by atoms with Crippen molar-refractivity contribution >= 4 is 17.5 Å². The van der Waals surface area contributed by atoms with E-state index < -0.39 is 0 Å². The number of hydrogen-bond donors (Lipinski definition) is 2. The van der Waals surface area contributed by atoms with Crippen LogP contribution in [0.3, 0.4) is 0 Å². The summed E-state index contributed by atoms with van der Waals surface area (Å²) in [7, 11) is 0. The summed E-state index contributed by atoms with van der Waals surface area (Å²) in [6.07, 6.45) is 6.15. The maximum Gasteiger partial charge on any atom is 0.316 e. The second-order valence-electron chi connectivity index (χ2n) is 5.56. The number of nitrogens with one attached hydrogen (secondary N) is 2. The Morgan fingerprint density at radius 2 is 1.92 bits per heavy atom. The number of ether oxygens (including phenoxy) is 1. The molecule has 8 nitrogen and oxygen atoms in total. The standard InChI is InChI=1S/C15H16ClN5O3/c16-9-7-17-15(18-8-9)24-11-3-1-10(2-4-11)19-14(23)12-5-6-13(22)21-20-12/h5-8,10-11H,1-4H2,(H,19,23)(H,21,22). The van der Waals surface area contributed by atoms with E-state index in [4.69, 9.17) is 16.3 Å². The number of carbonyl (C=O) groups is 1. The zero-order valence-corrected chi connectivity index (χ0v) is 13.5. The molecule has 0 saturated heterocycles. The number of aromatic nitrogens is 4. The average molecular weight is 350 g/mol. The molecule has 2 aromatic rings. The fraction of sp³-hybridized carbons (Fsp3) is 0.400. The fourth-order valence-corrected chi connectivity index (χ4v) is 2.66. The van der Waals surface area contributed by atoms with Crippen molar-refractivity contribution in [3.63, 3.8) is 0 Å². The van der Waals surface area contributed by atoms with Gasteiger partial charge in [0.15, 0.2) is 0 Å². The van der Waals surface area contributed by atoms with Crippen molar-refractivity contribution in [3.05, 3.63) is 45.6 Å². The van der Waals surface area contributed by atoms with Crippen LogP contribution in [0.2, 0.25) is 5.02 Å². The summed E-state index contributed by atoms with van der Waals surface area (Å²) in [4.78, 5) is 31.1. The predicted molar refractivity (Wildman–Crippen MR) is 86.0 cm³/mol. The number of H-pyrrole nitrogens is 1. The molecule has 1 aliphatic rings. The molecular formula is C15H16ClN5O3. The van der Waals surface area contributed by atoms with Gasteiger partial charge in [0.1, 0.15) is 11.8 Å². The molecule has 9 heteroatoms. The minimum atomic E-state index is -0.339. The Labute approximate surface area is 142 Å². The minimum absolute atomic E-state index is 0.0190. The maximum absolute atomic E-state index is 12.1. The molecule has 2 aromatic heterocycles. The van der Waals surface area contributed by atoms with E-state index in [0.717, 1.165) is 25.7 Å². The molecule has 0 atom stereocenters. The predicted octanol–water partition coefficient (Wildman–Crippen LogP) is 1.33. The highest BCUT2D eigenvalue weighted by atomic mass is 35.5. The Hall–Kier alpha value is -2.48. The first kappa shape index (κ1) is 16.4. The van der Waals surface area contributed by atoms with E-state index in [1.165, 1.54) is 24.5 Å². The van der Waals surface area contributed by atoms with Crippen LogP contribution in [0.4, 0.5) is 0 Å². The first-order chi connectivity index (χ1) is 11.6. The number of nitrogens with zero attached hydrogens (tertiary/aromatic N) is 3. The molecule has 1 saturated carbocycles. The largest absolute Gasteiger partial charge is 0.460 e. The molecular weight excluding hydrogens is 334 g/mol. The zero-order valence-electron chi connectivity index (χ0n) is 12.7. The van der Waals surface area contributed by atoms with Crippen LogP contribution in [-0.4, -0.2) is 38.2 Å². The molecule has 0 unspecified atom stereocenters. The highest BCUT2D eigenvalue weighted by Crippen LogP contribution is 2.22. The van der Waals surface area contributed by atoms with Crippen molar-refractivity contribution in [1.82, 2.24) is 25.5 Å². The van der Waals surface area contributed by atoms with Crippen molar-refractivity contribution in [2.75, 3.05) is 0 Å². The molecule has 0 spiro atoms. The van der Waals surface area contributed by atoms with E-state index in [0.29, 0.717) is 11.0 Å². The third-order valence-electron chi connectivity index (χ3n) is 3.79. The molecule has 0 radical (unpaired) electrons. The van der Waals surface area contributed by atoms with Crippen molar-refractivity contribution in [1.29, 1.82) is 0 Å². The summed E-state index contributed by atoms with van der Waals surface area (Å²) in [5.41, 5.74) is -0.142. The Bertz CT molecular complexity index is 736. The van der Waals surface area contributed by atoms with E-state index in [-0.39, 0.29) is 29.3 Å². The monoisotopic (exact) mass is 349 g/mol. The van der Waals surface area contributed by atoms with E-state index in [9.17, 15) is 9.59 Å². The Balaban J connectivity index is 1.48. The number of carbonyl (C=O) groups excluding carboxylic acids is 1. The van der Waals surface area contributed by atoms with Crippen LogP contribution in [0.5, 0.6) is 6.01 Å². The molecule has 2 heterocycles. The zero-order chi connectivity index (χ0) is 16.9. The summed E-state index contributed by atoms with van der Waals surface area (Å²) in [6.45, 7) is 0. The highest BCUT2D eigenvalue weighted by molar-refractivity contribution is 6.30. The fourth-order valence-electron chi connectivity index (χ4n) is 2.57. The SMILES string of the molecule is O=C(NC1CCC(Oc2ncc(Cl)cn2)CC1)c1ccc(=O)[nH]n1. The lowest BCUT2D eigenvalue weighted by Gasteiger charge is -2.28. The Kier molecular flexibility index (Phi) is 5.05. The van der Waals surface area contributed by atoms with E-state index in [1.54, 1.807) is 0 Å². The summed E-state index contributed by atoms with van der Waals surface area (Å²) < 4.78 is 5.72. The van der Waals surface area contributed by atoms with Crippen LogP contribution in [0.15, 0.2) is 29.3 Å². The average Bonchev–Trinajstić information content (AvgIpc) is 2.59. The quantitative estimate of drug-likeness (QED) is 0.861. The van der Waals surface area contributed by atoms with Gasteiger partial charge in [0.2, 0.25) is 0 Å². The maximum atomic E-state index is 12.1. The van der Waals surface area contributed by atoms with Crippen LogP contribution < -0.4 is 15.6 Å². The molecule has 1 amide bonds. The second kappa shape index (κ2) is 7.39. The first-order valence-corrected chi connectivity index (χ1v) is 7.99. The van der Waals surface area contributed by atoms with Gasteiger partial charge < -0.3 is 10.1 Å². The van der Waals surface area contributed by atoms with Crippen LogP contribution in [-0.2, 0) is 0 Å². The lowest BCUT2D eigenvalue weighted by atomic mass is 9.93. The van der Waals surface area contributed by atoms with Gasteiger partial charge in [-0.15, -0.1) is 0 Å². The van der Waals surface area contributed by atoms with Crippen LogP contribution >= 0.6 is 11.6 Å². The number of aromatic amines is 1. The van der Waals surface area contributed by atoms with Crippen molar-refractivity contribution in [3.8, 4) is 6.01 Å². The van der Waals surface area contributed by atoms with Gasteiger partial charge in [0, 0.05) is 12.1 Å². The van der Waals surface area contributed by atoms with Gasteiger partial charge in [-0.2, -0.15) is 5.10 Å². The second-order valence-corrected chi connectivity index (χ2v) is 5.99. The lowest BCUT2D eigenvalue weighted by Crippen LogP contribution is -2.40. The van der Waals surface area contributed by atoms with E-state index in [1.807, 2.05) is 0 Å². The normalized spacial score (nSPS) is 20.4. The van der Waals surface area contributed by atoms with Gasteiger partial charge >= 0.3 is 6.01 Å². The number of halogens is 1. The van der Waals surface area contributed by atoms with Gasteiger partial charge in [-0.05, 0) is 31.7 Å². The van der Waals surface area contributed by atoms with Gasteiger partial charge in [-0.25, -0.2) is 15.1 Å². The smallest absolute Gasteiger partial charge is 0.316 e. The summed E-state index contributed by atoms with van der Waals surface area (Å²) in [6, 6.07) is 3.04. The van der Waals surface area contributed by atoms with Crippen molar-refractivity contribution in [2.45, 2.75) is 37.8 Å².